The van der Waals surface area contributed by atoms with Gasteiger partial charge in [-0.15, -0.1) is 0 Å². The van der Waals surface area contributed by atoms with E-state index >= 15 is 0 Å². The third-order valence-corrected chi connectivity index (χ3v) is 4.54. The molecule has 0 aromatic carbocycles. The van der Waals surface area contributed by atoms with Crippen molar-refractivity contribution in [2.24, 2.45) is 0 Å². The number of amides is 1. The molecule has 3 rings (SSSR count). The van der Waals surface area contributed by atoms with Gasteiger partial charge in [0.2, 0.25) is 0 Å². The molecule has 1 amide bonds. The Labute approximate surface area is 130 Å². The molecule has 0 spiro atoms. The van der Waals surface area contributed by atoms with Gasteiger partial charge in [0.15, 0.2) is 0 Å². The van der Waals surface area contributed by atoms with Gasteiger partial charge in [0.1, 0.15) is 5.15 Å². The SMILES string of the molecule is CCCc1cc(C(=O)N2CCOC3CCCC32)cc(Cl)n1. The maximum atomic E-state index is 12.8. The third-order valence-electron chi connectivity index (χ3n) is 4.34. The zero-order valence-corrected chi connectivity index (χ0v) is 13.1. The molecule has 2 fully saturated rings. The fourth-order valence-electron chi connectivity index (χ4n) is 3.40. The molecule has 21 heavy (non-hydrogen) atoms. The fourth-order valence-corrected chi connectivity index (χ4v) is 3.63. The molecule has 5 heteroatoms. The summed E-state index contributed by atoms with van der Waals surface area (Å²) < 4.78 is 5.77. The molecule has 4 nitrogen and oxygen atoms in total. The molecule has 2 unspecified atom stereocenters. The first-order chi connectivity index (χ1) is 10.2. The first-order valence-electron chi connectivity index (χ1n) is 7.78. The van der Waals surface area contributed by atoms with E-state index in [0.717, 1.165) is 37.8 Å². The largest absolute Gasteiger partial charge is 0.374 e. The number of aromatic nitrogens is 1. The number of morpholine rings is 1. The van der Waals surface area contributed by atoms with Crippen molar-refractivity contribution in [1.29, 1.82) is 0 Å². The van der Waals surface area contributed by atoms with E-state index in [1.165, 1.54) is 0 Å². The lowest BCUT2D eigenvalue weighted by molar-refractivity contribution is -0.0445. The molecule has 2 aliphatic rings. The number of nitrogens with zero attached hydrogens (tertiary/aromatic N) is 2. The Morgan fingerprint density at radius 2 is 2.33 bits per heavy atom. The van der Waals surface area contributed by atoms with Gasteiger partial charge in [-0.05, 0) is 37.8 Å². The van der Waals surface area contributed by atoms with Crippen molar-refractivity contribution in [3.8, 4) is 0 Å². The highest BCUT2D eigenvalue weighted by Gasteiger charge is 2.38. The van der Waals surface area contributed by atoms with Gasteiger partial charge in [-0.25, -0.2) is 4.98 Å². The van der Waals surface area contributed by atoms with E-state index in [1.54, 1.807) is 6.07 Å². The van der Waals surface area contributed by atoms with Crippen molar-refractivity contribution < 1.29 is 9.53 Å². The summed E-state index contributed by atoms with van der Waals surface area (Å²) in [6.45, 7) is 3.39. The minimum absolute atomic E-state index is 0.0665. The highest BCUT2D eigenvalue weighted by atomic mass is 35.5. The molecule has 1 aromatic heterocycles. The molecule has 2 heterocycles. The van der Waals surface area contributed by atoms with Gasteiger partial charge >= 0.3 is 0 Å². The summed E-state index contributed by atoms with van der Waals surface area (Å²) in [5.74, 6) is 0.0665. The molecule has 114 valence electrons. The minimum Gasteiger partial charge on any atom is -0.374 e. The van der Waals surface area contributed by atoms with Crippen LogP contribution in [0.2, 0.25) is 5.15 Å². The van der Waals surface area contributed by atoms with Crippen molar-refractivity contribution in [3.63, 3.8) is 0 Å². The predicted octanol–water partition coefficient (Wildman–Crippen LogP) is 3.08. The maximum Gasteiger partial charge on any atom is 0.254 e. The van der Waals surface area contributed by atoms with Crippen molar-refractivity contribution in [3.05, 3.63) is 28.5 Å². The molecule has 1 aromatic rings. The zero-order valence-electron chi connectivity index (χ0n) is 12.3. The molecular weight excluding hydrogens is 288 g/mol. The number of hydrogen-bond donors (Lipinski definition) is 0. The van der Waals surface area contributed by atoms with Crippen LogP contribution in [0.3, 0.4) is 0 Å². The van der Waals surface area contributed by atoms with Gasteiger partial charge < -0.3 is 9.64 Å². The molecule has 0 bridgehead atoms. The van der Waals surface area contributed by atoms with Crippen LogP contribution in [0.25, 0.3) is 0 Å². The number of hydrogen-bond acceptors (Lipinski definition) is 3. The normalized spacial score (nSPS) is 25.0. The Kier molecular flexibility index (Phi) is 4.45. The van der Waals surface area contributed by atoms with Crippen LogP contribution in [0.15, 0.2) is 12.1 Å². The van der Waals surface area contributed by atoms with Crippen molar-refractivity contribution >= 4 is 17.5 Å². The van der Waals surface area contributed by atoms with E-state index in [-0.39, 0.29) is 18.1 Å². The molecule has 1 saturated heterocycles. The second-order valence-electron chi connectivity index (χ2n) is 5.83. The van der Waals surface area contributed by atoms with Crippen LogP contribution in [0.5, 0.6) is 0 Å². The Morgan fingerprint density at radius 3 is 3.14 bits per heavy atom. The molecule has 1 aliphatic carbocycles. The van der Waals surface area contributed by atoms with E-state index in [2.05, 4.69) is 11.9 Å². The minimum atomic E-state index is 0.0665. The average Bonchev–Trinajstić information content (AvgIpc) is 2.94. The quantitative estimate of drug-likeness (QED) is 0.806. The third kappa shape index (κ3) is 3.06. The van der Waals surface area contributed by atoms with Gasteiger partial charge in [0, 0.05) is 17.8 Å². The molecule has 1 saturated carbocycles. The van der Waals surface area contributed by atoms with Crippen LogP contribution < -0.4 is 0 Å². The standard InChI is InChI=1S/C16H21ClN2O2/c1-2-4-12-9-11(10-15(17)18-12)16(20)19-7-8-21-14-6-3-5-13(14)19/h9-10,13-14H,2-8H2,1H3. The topological polar surface area (TPSA) is 42.4 Å². The number of halogens is 1. The van der Waals surface area contributed by atoms with E-state index in [0.29, 0.717) is 23.9 Å². The Morgan fingerprint density at radius 1 is 1.48 bits per heavy atom. The first-order valence-corrected chi connectivity index (χ1v) is 8.16. The number of aryl methyl sites for hydroxylation is 1. The lowest BCUT2D eigenvalue weighted by atomic mass is 10.1. The summed E-state index contributed by atoms with van der Waals surface area (Å²) in [4.78, 5) is 19.1. The highest BCUT2D eigenvalue weighted by molar-refractivity contribution is 6.29. The summed E-state index contributed by atoms with van der Waals surface area (Å²) in [5, 5.41) is 0.403. The maximum absolute atomic E-state index is 12.8. The Bertz CT molecular complexity index is 535. The number of rotatable bonds is 3. The van der Waals surface area contributed by atoms with E-state index in [4.69, 9.17) is 16.3 Å². The van der Waals surface area contributed by atoms with Crippen LogP contribution >= 0.6 is 11.6 Å². The van der Waals surface area contributed by atoms with Crippen LogP contribution in [0.4, 0.5) is 0 Å². The zero-order chi connectivity index (χ0) is 14.8. The summed E-state index contributed by atoms with van der Waals surface area (Å²) in [6.07, 6.45) is 5.29. The monoisotopic (exact) mass is 308 g/mol. The number of fused-ring (bicyclic) bond motifs is 1. The smallest absolute Gasteiger partial charge is 0.254 e. The van der Waals surface area contributed by atoms with Gasteiger partial charge in [-0.2, -0.15) is 0 Å². The van der Waals surface area contributed by atoms with Crippen LogP contribution in [-0.2, 0) is 11.2 Å². The summed E-state index contributed by atoms with van der Waals surface area (Å²) in [5.41, 5.74) is 1.55. The average molecular weight is 309 g/mol. The summed E-state index contributed by atoms with van der Waals surface area (Å²) >= 11 is 6.07. The summed E-state index contributed by atoms with van der Waals surface area (Å²) in [7, 11) is 0. The van der Waals surface area contributed by atoms with Gasteiger partial charge in [0.25, 0.3) is 5.91 Å². The Hall–Kier alpha value is -1.13. The second-order valence-corrected chi connectivity index (χ2v) is 6.21. The number of carbonyl (C=O) groups excluding carboxylic acids is 1. The van der Waals surface area contributed by atoms with Gasteiger partial charge in [-0.3, -0.25) is 4.79 Å². The number of ether oxygens (including phenoxy) is 1. The molecule has 2 atom stereocenters. The van der Waals surface area contributed by atoms with E-state index in [1.807, 2.05) is 11.0 Å². The van der Waals surface area contributed by atoms with E-state index in [9.17, 15) is 4.79 Å². The molecule has 1 aliphatic heterocycles. The number of carbonyl (C=O) groups is 1. The molecule has 0 radical (unpaired) electrons. The lowest BCUT2D eigenvalue weighted by Crippen LogP contribution is -2.51. The van der Waals surface area contributed by atoms with Crippen molar-refractivity contribution in [2.45, 2.75) is 51.2 Å². The second kappa shape index (κ2) is 6.32. The lowest BCUT2D eigenvalue weighted by Gasteiger charge is -2.37. The van der Waals surface area contributed by atoms with Gasteiger partial charge in [0.05, 0.1) is 18.8 Å². The van der Waals surface area contributed by atoms with Crippen LogP contribution in [0, 0.1) is 0 Å². The Balaban J connectivity index is 1.84. The van der Waals surface area contributed by atoms with Crippen LogP contribution in [0.1, 0.15) is 48.7 Å². The van der Waals surface area contributed by atoms with Gasteiger partial charge in [-0.1, -0.05) is 24.9 Å². The predicted molar refractivity (Wildman–Crippen MR) is 81.7 cm³/mol. The number of pyridine rings is 1. The fraction of sp³-hybridized carbons (Fsp3) is 0.625. The highest BCUT2D eigenvalue weighted by Crippen LogP contribution is 2.30. The summed E-state index contributed by atoms with van der Waals surface area (Å²) in [6, 6.07) is 3.80. The van der Waals surface area contributed by atoms with Crippen molar-refractivity contribution in [1.82, 2.24) is 9.88 Å². The van der Waals surface area contributed by atoms with Crippen LogP contribution in [-0.4, -0.2) is 41.1 Å². The molecule has 0 N–H and O–H groups in total. The molecular formula is C16H21ClN2O2. The van der Waals surface area contributed by atoms with Crippen molar-refractivity contribution in [2.75, 3.05) is 13.2 Å². The van der Waals surface area contributed by atoms with E-state index < -0.39 is 0 Å². The first kappa shape index (κ1) is 14.8.